The monoisotopic (exact) mass is 348 g/mol. The van der Waals surface area contributed by atoms with E-state index in [1.807, 2.05) is 12.3 Å². The van der Waals surface area contributed by atoms with Crippen LogP contribution in [0.5, 0.6) is 0 Å². The van der Waals surface area contributed by atoms with Crippen molar-refractivity contribution >= 4 is 17.5 Å². The molecule has 0 atom stereocenters. The third-order valence-electron chi connectivity index (χ3n) is 4.31. The van der Waals surface area contributed by atoms with Crippen molar-refractivity contribution in [3.05, 3.63) is 34.4 Å². The van der Waals surface area contributed by atoms with Gasteiger partial charge >= 0.3 is 0 Å². The minimum Gasteiger partial charge on any atom is -0.352 e. The van der Waals surface area contributed by atoms with Crippen molar-refractivity contribution in [2.45, 2.75) is 32.7 Å². The molecular formula is C16H24N6OS. The summed E-state index contributed by atoms with van der Waals surface area (Å²) in [6.07, 6.45) is 1.82. The molecule has 130 valence electrons. The average Bonchev–Trinajstić information content (AvgIpc) is 3.08. The standard InChI is InChI=1S/C16H24N6OS/c1-16(2,3)13-4-5-15(23)22(18-13)11-8-20-6-9-21(10-7-20)14-12-17-24-19-14/h4-5,12H,6-11H2,1-3H3. The molecule has 0 radical (unpaired) electrons. The molecule has 0 aromatic carbocycles. The normalized spacial score (nSPS) is 16.5. The van der Waals surface area contributed by atoms with E-state index in [2.05, 4.69) is 44.4 Å². The number of aromatic nitrogens is 4. The van der Waals surface area contributed by atoms with Gasteiger partial charge in [-0.1, -0.05) is 20.8 Å². The topological polar surface area (TPSA) is 67.2 Å². The fourth-order valence-corrected chi connectivity index (χ4v) is 3.18. The van der Waals surface area contributed by atoms with Crippen LogP contribution in [0.15, 0.2) is 23.1 Å². The molecule has 0 unspecified atom stereocenters. The lowest BCUT2D eigenvalue weighted by Crippen LogP contribution is -2.47. The van der Waals surface area contributed by atoms with Gasteiger partial charge in [0.2, 0.25) is 0 Å². The van der Waals surface area contributed by atoms with Crippen LogP contribution in [0, 0.1) is 0 Å². The Hall–Kier alpha value is -1.80. The number of piperazine rings is 1. The van der Waals surface area contributed by atoms with Gasteiger partial charge in [-0.15, -0.1) is 0 Å². The van der Waals surface area contributed by atoms with Gasteiger partial charge in [-0.3, -0.25) is 9.69 Å². The Morgan fingerprint density at radius 3 is 2.50 bits per heavy atom. The largest absolute Gasteiger partial charge is 0.352 e. The van der Waals surface area contributed by atoms with Crippen LogP contribution in [-0.4, -0.2) is 56.2 Å². The predicted molar refractivity (Wildman–Crippen MR) is 95.8 cm³/mol. The first-order valence-electron chi connectivity index (χ1n) is 8.27. The van der Waals surface area contributed by atoms with Gasteiger partial charge in [-0.2, -0.15) is 13.8 Å². The van der Waals surface area contributed by atoms with Gasteiger partial charge in [-0.25, -0.2) is 4.68 Å². The van der Waals surface area contributed by atoms with Crippen molar-refractivity contribution in [3.8, 4) is 0 Å². The first kappa shape index (κ1) is 17.0. The first-order chi connectivity index (χ1) is 11.4. The lowest BCUT2D eigenvalue weighted by atomic mass is 9.92. The molecule has 0 bridgehead atoms. The minimum absolute atomic E-state index is 0.0322. The van der Waals surface area contributed by atoms with Gasteiger partial charge in [-0.05, 0) is 6.07 Å². The van der Waals surface area contributed by atoms with Crippen LogP contribution >= 0.6 is 11.7 Å². The smallest absolute Gasteiger partial charge is 0.266 e. The Morgan fingerprint density at radius 2 is 1.88 bits per heavy atom. The highest BCUT2D eigenvalue weighted by Gasteiger charge is 2.20. The van der Waals surface area contributed by atoms with Gasteiger partial charge in [0, 0.05) is 44.2 Å². The molecule has 0 N–H and O–H groups in total. The van der Waals surface area contributed by atoms with Crippen LogP contribution in [0.2, 0.25) is 0 Å². The van der Waals surface area contributed by atoms with Gasteiger partial charge in [0.1, 0.15) is 0 Å². The highest BCUT2D eigenvalue weighted by Crippen LogP contribution is 2.18. The van der Waals surface area contributed by atoms with Crippen LogP contribution in [0.4, 0.5) is 5.82 Å². The Balaban J connectivity index is 1.56. The number of hydrogen-bond donors (Lipinski definition) is 0. The summed E-state index contributed by atoms with van der Waals surface area (Å²) < 4.78 is 9.94. The van der Waals surface area contributed by atoms with Crippen molar-refractivity contribution in [1.82, 2.24) is 23.4 Å². The molecule has 3 rings (SSSR count). The van der Waals surface area contributed by atoms with Crippen molar-refractivity contribution in [2.75, 3.05) is 37.6 Å². The number of anilines is 1. The second-order valence-corrected chi connectivity index (χ2v) is 7.68. The second kappa shape index (κ2) is 6.98. The maximum Gasteiger partial charge on any atom is 0.266 e. The summed E-state index contributed by atoms with van der Waals surface area (Å²) in [5.74, 6) is 0.968. The summed E-state index contributed by atoms with van der Waals surface area (Å²) in [5.41, 5.74) is 0.862. The quantitative estimate of drug-likeness (QED) is 0.827. The summed E-state index contributed by atoms with van der Waals surface area (Å²) in [5, 5.41) is 4.53. The molecule has 0 spiro atoms. The molecule has 7 nitrogen and oxygen atoms in total. The third-order valence-corrected chi connectivity index (χ3v) is 4.78. The highest BCUT2D eigenvalue weighted by molar-refractivity contribution is 6.99. The summed E-state index contributed by atoms with van der Waals surface area (Å²) in [7, 11) is 0. The van der Waals surface area contributed by atoms with Gasteiger partial charge in [0.05, 0.1) is 30.2 Å². The van der Waals surface area contributed by atoms with E-state index < -0.39 is 0 Å². The van der Waals surface area contributed by atoms with Crippen molar-refractivity contribution in [2.24, 2.45) is 0 Å². The van der Waals surface area contributed by atoms with E-state index in [1.165, 1.54) is 11.7 Å². The zero-order chi connectivity index (χ0) is 17.2. The van der Waals surface area contributed by atoms with Crippen LogP contribution in [0.1, 0.15) is 26.5 Å². The molecule has 1 aliphatic rings. The van der Waals surface area contributed by atoms with E-state index >= 15 is 0 Å². The zero-order valence-corrected chi connectivity index (χ0v) is 15.3. The highest BCUT2D eigenvalue weighted by atomic mass is 32.1. The summed E-state index contributed by atoms with van der Waals surface area (Å²) >= 11 is 1.24. The van der Waals surface area contributed by atoms with Crippen LogP contribution < -0.4 is 10.5 Å². The molecule has 1 fully saturated rings. The SMILES string of the molecule is CC(C)(C)c1ccc(=O)n(CCN2CCN(c3cnsn3)CC2)n1. The first-order valence-corrected chi connectivity index (χ1v) is 9.00. The molecule has 0 amide bonds. The molecule has 1 saturated heterocycles. The molecule has 2 aromatic rings. The summed E-state index contributed by atoms with van der Waals surface area (Å²) in [6.45, 7) is 11.6. The fourth-order valence-electron chi connectivity index (χ4n) is 2.74. The molecule has 1 aliphatic heterocycles. The molecule has 8 heteroatoms. The molecule has 0 aliphatic carbocycles. The van der Waals surface area contributed by atoms with Crippen LogP contribution in [0.25, 0.3) is 0 Å². The van der Waals surface area contributed by atoms with E-state index in [1.54, 1.807) is 10.7 Å². The number of hydrogen-bond acceptors (Lipinski definition) is 7. The van der Waals surface area contributed by atoms with E-state index in [0.717, 1.165) is 44.2 Å². The predicted octanol–water partition coefficient (Wildman–Crippen LogP) is 1.21. The minimum atomic E-state index is -0.0529. The molecular weight excluding hydrogens is 324 g/mol. The lowest BCUT2D eigenvalue weighted by molar-refractivity contribution is 0.241. The van der Waals surface area contributed by atoms with E-state index in [9.17, 15) is 4.79 Å². The van der Waals surface area contributed by atoms with Gasteiger partial charge in [0.25, 0.3) is 5.56 Å². The maximum absolute atomic E-state index is 12.0. The van der Waals surface area contributed by atoms with Gasteiger partial charge < -0.3 is 4.90 Å². The van der Waals surface area contributed by atoms with E-state index in [-0.39, 0.29) is 11.0 Å². The number of rotatable bonds is 4. The van der Waals surface area contributed by atoms with Crippen molar-refractivity contribution in [3.63, 3.8) is 0 Å². The Kier molecular flexibility index (Phi) is 4.96. The second-order valence-electron chi connectivity index (χ2n) is 7.12. The van der Waals surface area contributed by atoms with Crippen molar-refractivity contribution < 1.29 is 0 Å². The van der Waals surface area contributed by atoms with E-state index in [4.69, 9.17) is 0 Å². The van der Waals surface area contributed by atoms with E-state index in [0.29, 0.717) is 6.54 Å². The Bertz CT molecular complexity index is 713. The Labute approximate surface area is 146 Å². The summed E-state index contributed by atoms with van der Waals surface area (Å²) in [4.78, 5) is 16.7. The zero-order valence-electron chi connectivity index (χ0n) is 14.5. The fraction of sp³-hybridized carbons (Fsp3) is 0.625. The lowest BCUT2D eigenvalue weighted by Gasteiger charge is -2.34. The summed E-state index contributed by atoms with van der Waals surface area (Å²) in [6, 6.07) is 3.46. The molecule has 2 aromatic heterocycles. The molecule has 0 saturated carbocycles. The van der Waals surface area contributed by atoms with Crippen LogP contribution in [0.3, 0.4) is 0 Å². The molecule has 3 heterocycles. The third kappa shape index (κ3) is 3.99. The maximum atomic E-state index is 12.0. The molecule has 24 heavy (non-hydrogen) atoms. The van der Waals surface area contributed by atoms with Crippen molar-refractivity contribution in [1.29, 1.82) is 0 Å². The average molecular weight is 348 g/mol. The Morgan fingerprint density at radius 1 is 1.12 bits per heavy atom. The number of nitrogens with zero attached hydrogens (tertiary/aromatic N) is 6. The van der Waals surface area contributed by atoms with Crippen LogP contribution in [-0.2, 0) is 12.0 Å². The van der Waals surface area contributed by atoms with Gasteiger partial charge in [0.15, 0.2) is 5.82 Å².